The molecular formula is C29H26N6O2. The van der Waals surface area contributed by atoms with Gasteiger partial charge in [-0.3, -0.25) is 4.79 Å². The summed E-state index contributed by atoms with van der Waals surface area (Å²) in [5, 5.41) is 17.1. The van der Waals surface area contributed by atoms with Crippen molar-refractivity contribution in [3.63, 3.8) is 0 Å². The number of fused-ring (bicyclic) bond motifs is 1. The Morgan fingerprint density at radius 2 is 1.84 bits per heavy atom. The number of benzene rings is 3. The molecule has 0 aliphatic rings. The molecule has 5 aromatic rings. The van der Waals surface area contributed by atoms with Crippen LogP contribution in [-0.4, -0.2) is 31.9 Å². The quantitative estimate of drug-likeness (QED) is 0.307. The van der Waals surface area contributed by atoms with Crippen molar-refractivity contribution in [1.82, 2.24) is 19.3 Å². The molecule has 8 heteroatoms. The molecule has 0 atom stereocenters. The van der Waals surface area contributed by atoms with Crippen molar-refractivity contribution in [2.24, 2.45) is 7.05 Å². The highest BCUT2D eigenvalue weighted by Crippen LogP contribution is 2.27. The van der Waals surface area contributed by atoms with Crippen LogP contribution in [0.2, 0.25) is 0 Å². The molecule has 3 aromatic carbocycles. The zero-order chi connectivity index (χ0) is 25.8. The molecule has 2 aromatic heterocycles. The molecule has 8 nitrogen and oxygen atoms in total. The lowest BCUT2D eigenvalue weighted by Gasteiger charge is -2.08. The molecule has 184 valence electrons. The van der Waals surface area contributed by atoms with Gasteiger partial charge in [0.1, 0.15) is 5.82 Å². The number of nitrogens with zero attached hydrogens (tertiary/aromatic N) is 5. The Balaban J connectivity index is 1.47. The number of hydrogen-bond acceptors (Lipinski definition) is 6. The van der Waals surface area contributed by atoms with Crippen LogP contribution in [0.1, 0.15) is 24.0 Å². The van der Waals surface area contributed by atoms with Crippen molar-refractivity contribution in [3.05, 3.63) is 95.9 Å². The van der Waals surface area contributed by atoms with E-state index in [4.69, 9.17) is 20.1 Å². The summed E-state index contributed by atoms with van der Waals surface area (Å²) in [5.74, 6) is 0.578. The highest BCUT2D eigenvalue weighted by Gasteiger charge is 2.16. The van der Waals surface area contributed by atoms with Crippen LogP contribution in [0.25, 0.3) is 28.0 Å². The first-order valence-corrected chi connectivity index (χ1v) is 12.1. The van der Waals surface area contributed by atoms with E-state index in [1.807, 2.05) is 78.5 Å². The summed E-state index contributed by atoms with van der Waals surface area (Å²) in [7, 11) is 1.99. The zero-order valence-electron chi connectivity index (χ0n) is 20.7. The molecule has 0 unspecified atom stereocenters. The average Bonchev–Trinajstić information content (AvgIpc) is 3.48. The molecule has 1 N–H and O–H groups in total. The number of hydrogen-bond donors (Lipinski definition) is 1. The van der Waals surface area contributed by atoms with Gasteiger partial charge < -0.3 is 14.6 Å². The van der Waals surface area contributed by atoms with Crippen LogP contribution in [-0.2, 0) is 29.5 Å². The summed E-state index contributed by atoms with van der Waals surface area (Å²) in [4.78, 5) is 17.0. The van der Waals surface area contributed by atoms with E-state index in [2.05, 4.69) is 16.0 Å². The number of rotatable bonds is 8. The number of nitriles is 1. The number of nitrogens with one attached hydrogen (secondary N) is 1. The molecule has 2 heterocycles. The zero-order valence-corrected chi connectivity index (χ0v) is 20.7. The number of aryl methyl sites for hydroxylation is 1. The van der Waals surface area contributed by atoms with Crippen LogP contribution in [0.15, 0.2) is 78.9 Å². The molecule has 0 aliphatic carbocycles. The molecule has 0 amide bonds. The number of ether oxygens (including phenoxy) is 1. The Hall–Kier alpha value is -4.90. The van der Waals surface area contributed by atoms with E-state index < -0.39 is 0 Å². The van der Waals surface area contributed by atoms with Gasteiger partial charge in [-0.15, -0.1) is 0 Å². The minimum atomic E-state index is -0.300. The van der Waals surface area contributed by atoms with Gasteiger partial charge in [0.15, 0.2) is 0 Å². The number of carbonyl (C=O) groups is 1. The molecule has 0 saturated heterocycles. The monoisotopic (exact) mass is 490 g/mol. The Morgan fingerprint density at radius 3 is 2.57 bits per heavy atom. The largest absolute Gasteiger partial charge is 0.466 e. The maximum absolute atomic E-state index is 12.1. The van der Waals surface area contributed by atoms with Crippen molar-refractivity contribution < 1.29 is 9.53 Å². The average molecular weight is 491 g/mol. The fraction of sp³-hybridized carbons (Fsp3) is 0.172. The summed E-state index contributed by atoms with van der Waals surface area (Å²) in [6.45, 7) is 2.67. The number of anilines is 1. The highest BCUT2D eigenvalue weighted by atomic mass is 16.5. The molecule has 0 radical (unpaired) electrons. The third-order valence-corrected chi connectivity index (χ3v) is 6.13. The van der Waals surface area contributed by atoms with Crippen LogP contribution in [0.4, 0.5) is 5.69 Å². The predicted octanol–water partition coefficient (Wildman–Crippen LogP) is 5.02. The lowest BCUT2D eigenvalue weighted by Crippen LogP contribution is -2.08. The topological polar surface area (TPSA) is 97.8 Å². The van der Waals surface area contributed by atoms with Crippen LogP contribution in [0.3, 0.4) is 0 Å². The minimum Gasteiger partial charge on any atom is -0.466 e. The van der Waals surface area contributed by atoms with Crippen molar-refractivity contribution in [2.75, 3.05) is 11.9 Å². The molecule has 0 bridgehead atoms. The van der Waals surface area contributed by atoms with Crippen molar-refractivity contribution in [3.8, 4) is 23.0 Å². The van der Waals surface area contributed by atoms with Gasteiger partial charge in [-0.1, -0.05) is 30.3 Å². The second kappa shape index (κ2) is 10.4. The fourth-order valence-electron chi connectivity index (χ4n) is 4.26. The summed E-state index contributed by atoms with van der Waals surface area (Å²) >= 11 is 0. The van der Waals surface area contributed by atoms with Gasteiger partial charge >= 0.3 is 5.97 Å². The molecular weight excluding hydrogens is 464 g/mol. The SMILES string of the molecule is CCOC(=O)Cc1cc(-c2ccccc2)n(-c2ccc3c(c2)nc(CNc2ccc(C#N)cc2)n3C)n1. The molecule has 0 fully saturated rings. The van der Waals surface area contributed by atoms with E-state index in [0.717, 1.165) is 39.5 Å². The molecule has 0 saturated carbocycles. The first kappa shape index (κ1) is 23.8. The summed E-state index contributed by atoms with van der Waals surface area (Å²) in [5.41, 5.74) is 6.77. The summed E-state index contributed by atoms with van der Waals surface area (Å²) < 4.78 is 9.04. The first-order valence-electron chi connectivity index (χ1n) is 12.1. The third-order valence-electron chi connectivity index (χ3n) is 6.13. The Kier molecular flexibility index (Phi) is 6.68. The molecule has 0 aliphatic heterocycles. The fourth-order valence-corrected chi connectivity index (χ4v) is 4.26. The molecule has 37 heavy (non-hydrogen) atoms. The van der Waals surface area contributed by atoms with Gasteiger partial charge in [-0.05, 0) is 55.5 Å². The van der Waals surface area contributed by atoms with E-state index in [1.165, 1.54) is 0 Å². The Bertz CT molecular complexity index is 1590. The summed E-state index contributed by atoms with van der Waals surface area (Å²) in [6, 6.07) is 27.4. The summed E-state index contributed by atoms with van der Waals surface area (Å²) in [6.07, 6.45) is 0.109. The van der Waals surface area contributed by atoms with Gasteiger partial charge in [0.05, 0.1) is 59.3 Å². The smallest absolute Gasteiger partial charge is 0.311 e. The Labute approximate surface area is 214 Å². The lowest BCUT2D eigenvalue weighted by molar-refractivity contribution is -0.142. The van der Waals surface area contributed by atoms with Crippen LogP contribution in [0.5, 0.6) is 0 Å². The van der Waals surface area contributed by atoms with E-state index in [0.29, 0.717) is 24.4 Å². The molecule has 0 spiro atoms. The van der Waals surface area contributed by atoms with Crippen molar-refractivity contribution in [1.29, 1.82) is 5.26 Å². The number of esters is 1. The van der Waals surface area contributed by atoms with Gasteiger partial charge in [0, 0.05) is 18.3 Å². The first-order chi connectivity index (χ1) is 18.1. The van der Waals surface area contributed by atoms with Gasteiger partial charge in [0.2, 0.25) is 0 Å². The maximum Gasteiger partial charge on any atom is 0.311 e. The normalized spacial score (nSPS) is 10.8. The number of imidazole rings is 1. The second-order valence-corrected chi connectivity index (χ2v) is 8.58. The minimum absolute atomic E-state index is 0.109. The van der Waals surface area contributed by atoms with Crippen molar-refractivity contribution >= 4 is 22.7 Å². The van der Waals surface area contributed by atoms with E-state index >= 15 is 0 Å². The standard InChI is InChI=1S/C29H26N6O2/c1-3-37-29(36)16-23-15-27(21-7-5-4-6-8-21)35(33-23)24-13-14-26-25(17-24)32-28(34(26)2)19-31-22-11-9-20(18-30)10-12-22/h4-15,17,31H,3,16,19H2,1-2H3. The molecule has 5 rings (SSSR count). The second-order valence-electron chi connectivity index (χ2n) is 8.58. The van der Waals surface area contributed by atoms with Crippen molar-refractivity contribution in [2.45, 2.75) is 19.9 Å². The predicted molar refractivity (Wildman–Crippen MR) is 142 cm³/mol. The lowest BCUT2D eigenvalue weighted by atomic mass is 10.1. The highest BCUT2D eigenvalue weighted by molar-refractivity contribution is 5.79. The van der Waals surface area contributed by atoms with Crippen LogP contribution < -0.4 is 5.32 Å². The van der Waals surface area contributed by atoms with Crippen LogP contribution >= 0.6 is 0 Å². The third kappa shape index (κ3) is 5.07. The van der Waals surface area contributed by atoms with Gasteiger partial charge in [-0.25, -0.2) is 9.67 Å². The van der Waals surface area contributed by atoms with Gasteiger partial charge in [-0.2, -0.15) is 10.4 Å². The number of aromatic nitrogens is 4. The maximum atomic E-state index is 12.1. The van der Waals surface area contributed by atoms with Gasteiger partial charge in [0.25, 0.3) is 0 Å². The number of carbonyl (C=O) groups excluding carboxylic acids is 1. The van der Waals surface area contributed by atoms with E-state index in [1.54, 1.807) is 19.1 Å². The Morgan fingerprint density at radius 1 is 1.05 bits per heavy atom. The van der Waals surface area contributed by atoms with Crippen LogP contribution in [0, 0.1) is 11.3 Å². The van der Waals surface area contributed by atoms with E-state index in [9.17, 15) is 4.79 Å². The van der Waals surface area contributed by atoms with E-state index in [-0.39, 0.29) is 12.4 Å².